The molecule has 2 aliphatic rings. The van der Waals surface area contributed by atoms with Gasteiger partial charge in [0.25, 0.3) is 11.8 Å². The molecule has 0 aliphatic carbocycles. The lowest BCUT2D eigenvalue weighted by Crippen LogP contribution is -2.43. The largest absolute Gasteiger partial charge is 0.367 e. The molecule has 2 aromatic rings. The fraction of sp³-hybridized carbons (Fsp3) is 0.273. The van der Waals surface area contributed by atoms with Crippen LogP contribution in [0, 0.1) is 6.92 Å². The summed E-state index contributed by atoms with van der Waals surface area (Å²) in [5.74, 6) is -0.0288. The molecule has 160 valence electrons. The van der Waals surface area contributed by atoms with E-state index in [-0.39, 0.29) is 17.5 Å². The van der Waals surface area contributed by atoms with E-state index in [1.165, 1.54) is 18.1 Å². The predicted molar refractivity (Wildman–Crippen MR) is 124 cm³/mol. The van der Waals surface area contributed by atoms with Crippen LogP contribution in [0.3, 0.4) is 0 Å². The van der Waals surface area contributed by atoms with Crippen LogP contribution in [0.4, 0.5) is 11.4 Å². The van der Waals surface area contributed by atoms with E-state index in [1.54, 1.807) is 17.8 Å². The van der Waals surface area contributed by atoms with Crippen molar-refractivity contribution in [1.29, 1.82) is 0 Å². The highest BCUT2D eigenvalue weighted by Gasteiger charge is 2.18. The molecule has 0 atom stereocenters. The molecule has 0 saturated carbocycles. The third-order valence-corrected chi connectivity index (χ3v) is 5.95. The van der Waals surface area contributed by atoms with Gasteiger partial charge in [-0.2, -0.15) is 0 Å². The number of rotatable bonds is 3. The molecule has 0 bridgehead atoms. The summed E-state index contributed by atoms with van der Waals surface area (Å²) in [6, 6.07) is 7.68. The maximum atomic E-state index is 13.0. The fourth-order valence-electron chi connectivity index (χ4n) is 3.47. The van der Waals surface area contributed by atoms with E-state index >= 15 is 0 Å². The summed E-state index contributed by atoms with van der Waals surface area (Å²) < 4.78 is 0. The highest BCUT2D eigenvalue weighted by molar-refractivity contribution is 8.01. The Morgan fingerprint density at radius 2 is 2.06 bits per heavy atom. The van der Waals surface area contributed by atoms with Crippen molar-refractivity contribution in [3.05, 3.63) is 64.5 Å². The quantitative estimate of drug-likeness (QED) is 0.683. The van der Waals surface area contributed by atoms with E-state index in [0.717, 1.165) is 43.0 Å². The van der Waals surface area contributed by atoms with Crippen LogP contribution in [0.15, 0.2) is 52.8 Å². The first kappa shape index (κ1) is 21.1. The van der Waals surface area contributed by atoms with Crippen molar-refractivity contribution in [2.24, 2.45) is 4.99 Å². The fourth-order valence-corrected chi connectivity index (χ4v) is 4.31. The number of aromatic nitrogens is 1. The molecule has 1 fully saturated rings. The number of nitrogens with one attached hydrogen (secondary N) is 3. The normalized spacial score (nSPS) is 18.4. The smallest absolute Gasteiger partial charge is 0.274 e. The molecule has 31 heavy (non-hydrogen) atoms. The summed E-state index contributed by atoms with van der Waals surface area (Å²) in [7, 11) is 0. The minimum absolute atomic E-state index is 0.218. The molecule has 0 spiro atoms. The van der Waals surface area contributed by atoms with Crippen molar-refractivity contribution >= 4 is 41.3 Å². The monoisotopic (exact) mass is 436 g/mol. The van der Waals surface area contributed by atoms with E-state index in [1.807, 2.05) is 31.2 Å². The number of carbonyl (C=O) groups is 2. The molecule has 3 N–H and O–H groups in total. The topological polar surface area (TPSA) is 98.7 Å². The molecule has 2 amide bonds. The molecule has 2 aliphatic heterocycles. The SMILES string of the molecule is Cc1ccc2c(c1)C(=O)NC=N/C(C(=O)Nc1cnccc1N1CCNCC1)=C\SC2. The number of amides is 2. The number of hydrogen-bond donors (Lipinski definition) is 3. The Morgan fingerprint density at radius 1 is 1.23 bits per heavy atom. The van der Waals surface area contributed by atoms with Gasteiger partial charge >= 0.3 is 0 Å². The maximum absolute atomic E-state index is 13.0. The molecule has 8 nitrogen and oxygen atoms in total. The third-order valence-electron chi connectivity index (χ3n) is 5.08. The van der Waals surface area contributed by atoms with E-state index < -0.39 is 0 Å². The first-order chi connectivity index (χ1) is 15.1. The van der Waals surface area contributed by atoms with Crippen LogP contribution in [-0.2, 0) is 10.5 Å². The number of fused-ring (bicyclic) bond motifs is 1. The summed E-state index contributed by atoms with van der Waals surface area (Å²) in [4.78, 5) is 36.0. The van der Waals surface area contributed by atoms with Gasteiger partial charge in [0.1, 0.15) is 5.70 Å². The summed E-state index contributed by atoms with van der Waals surface area (Å²) in [5.41, 5.74) is 4.33. The van der Waals surface area contributed by atoms with E-state index in [0.29, 0.717) is 17.0 Å². The van der Waals surface area contributed by atoms with Gasteiger partial charge in [-0.1, -0.05) is 17.7 Å². The van der Waals surface area contributed by atoms with Gasteiger partial charge in [0.05, 0.1) is 23.9 Å². The zero-order valence-corrected chi connectivity index (χ0v) is 18.0. The highest BCUT2D eigenvalue weighted by atomic mass is 32.2. The van der Waals surface area contributed by atoms with Gasteiger partial charge in [-0.25, -0.2) is 4.99 Å². The van der Waals surface area contributed by atoms with Crippen molar-refractivity contribution in [3.63, 3.8) is 0 Å². The van der Waals surface area contributed by atoms with Crippen molar-refractivity contribution < 1.29 is 9.59 Å². The minimum Gasteiger partial charge on any atom is -0.367 e. The Kier molecular flexibility index (Phi) is 6.63. The second-order valence-electron chi connectivity index (χ2n) is 7.29. The van der Waals surface area contributed by atoms with Gasteiger partial charge in [-0.3, -0.25) is 14.6 Å². The molecular weight excluding hydrogens is 412 g/mol. The second-order valence-corrected chi connectivity index (χ2v) is 8.15. The molecule has 4 rings (SSSR count). The number of piperazine rings is 1. The van der Waals surface area contributed by atoms with Crippen LogP contribution in [0.2, 0.25) is 0 Å². The highest BCUT2D eigenvalue weighted by Crippen LogP contribution is 2.26. The Morgan fingerprint density at radius 3 is 2.90 bits per heavy atom. The van der Waals surface area contributed by atoms with Crippen molar-refractivity contribution in [3.8, 4) is 0 Å². The van der Waals surface area contributed by atoms with Crippen molar-refractivity contribution in [2.75, 3.05) is 36.4 Å². The van der Waals surface area contributed by atoms with Gasteiger partial charge in [0.15, 0.2) is 0 Å². The molecule has 3 heterocycles. The number of nitrogens with zero attached hydrogens (tertiary/aromatic N) is 3. The van der Waals surface area contributed by atoms with Crippen LogP contribution in [-0.4, -0.2) is 49.3 Å². The Balaban J connectivity index is 1.53. The number of thioether (sulfide) groups is 1. The van der Waals surface area contributed by atoms with Crippen LogP contribution in [0.5, 0.6) is 0 Å². The maximum Gasteiger partial charge on any atom is 0.274 e. The molecule has 1 saturated heterocycles. The van der Waals surface area contributed by atoms with E-state index in [2.05, 4.69) is 30.8 Å². The molecule has 9 heteroatoms. The van der Waals surface area contributed by atoms with Crippen LogP contribution >= 0.6 is 11.8 Å². The standard InChI is InChI=1S/C22H24N6O2S/c1-15-2-3-16-12-31-13-19(25-14-26-21(29)17(16)10-15)22(30)27-18-11-24-5-4-20(18)28-8-6-23-7-9-28/h2-5,10-11,13-14,23H,6-9,12H2,1H3,(H,27,30)(H,25,26,29)/b19-13-. The summed E-state index contributed by atoms with van der Waals surface area (Å²) in [6.07, 6.45) is 4.64. The van der Waals surface area contributed by atoms with Gasteiger partial charge in [0, 0.05) is 49.1 Å². The van der Waals surface area contributed by atoms with Gasteiger partial charge < -0.3 is 20.9 Å². The molecule has 0 unspecified atom stereocenters. The van der Waals surface area contributed by atoms with Gasteiger partial charge in [0.2, 0.25) is 0 Å². The summed E-state index contributed by atoms with van der Waals surface area (Å²) >= 11 is 1.43. The average Bonchev–Trinajstić information content (AvgIpc) is 2.79. The molecule has 0 radical (unpaired) electrons. The summed E-state index contributed by atoms with van der Waals surface area (Å²) in [6.45, 7) is 5.44. The first-order valence-corrected chi connectivity index (χ1v) is 11.1. The van der Waals surface area contributed by atoms with Gasteiger partial charge in [-0.05, 0) is 24.6 Å². The Labute approximate surface area is 185 Å². The van der Waals surface area contributed by atoms with Crippen molar-refractivity contribution in [1.82, 2.24) is 15.6 Å². The lowest BCUT2D eigenvalue weighted by molar-refractivity contribution is -0.112. The summed E-state index contributed by atoms with van der Waals surface area (Å²) in [5, 5.41) is 10.6. The predicted octanol–water partition coefficient (Wildman–Crippen LogP) is 2.28. The lowest BCUT2D eigenvalue weighted by Gasteiger charge is -2.30. The van der Waals surface area contributed by atoms with Crippen LogP contribution in [0.25, 0.3) is 0 Å². The zero-order valence-electron chi connectivity index (χ0n) is 17.2. The number of pyridine rings is 1. The number of aryl methyl sites for hydroxylation is 1. The minimum atomic E-state index is -0.355. The molecule has 1 aromatic heterocycles. The molecular formula is C22H24N6O2S. The van der Waals surface area contributed by atoms with Crippen LogP contribution < -0.4 is 20.9 Å². The van der Waals surface area contributed by atoms with Crippen LogP contribution in [0.1, 0.15) is 21.5 Å². The van der Waals surface area contributed by atoms with E-state index in [9.17, 15) is 9.59 Å². The average molecular weight is 437 g/mol. The van der Waals surface area contributed by atoms with Crippen molar-refractivity contribution in [2.45, 2.75) is 12.7 Å². The molecule has 1 aromatic carbocycles. The Bertz CT molecular complexity index is 1050. The second kappa shape index (κ2) is 9.76. The van der Waals surface area contributed by atoms with Gasteiger partial charge in [-0.15, -0.1) is 11.8 Å². The number of anilines is 2. The third kappa shape index (κ3) is 5.12. The lowest BCUT2D eigenvalue weighted by atomic mass is 10.1. The number of hydrogen-bond acceptors (Lipinski definition) is 7. The van der Waals surface area contributed by atoms with E-state index in [4.69, 9.17) is 0 Å². The Hall–Kier alpha value is -3.17. The first-order valence-electron chi connectivity index (χ1n) is 10.1. The number of carbonyl (C=O) groups excluding carboxylic acids is 2. The zero-order chi connectivity index (χ0) is 21.6. The number of aliphatic imine (C=N–C) groups is 1. The number of benzene rings is 1.